The molecule has 0 amide bonds. The van der Waals surface area contributed by atoms with E-state index in [-0.39, 0.29) is 18.2 Å². The summed E-state index contributed by atoms with van der Waals surface area (Å²) in [5.41, 5.74) is -0.0488. The fourth-order valence-corrected chi connectivity index (χ4v) is 4.43. The van der Waals surface area contributed by atoms with Gasteiger partial charge in [0.15, 0.2) is 0 Å². The number of nitrogens with zero attached hydrogens (tertiary/aromatic N) is 1. The second-order valence-electron chi connectivity index (χ2n) is 4.63. The molecular formula is C13H15BrFNO3S. The predicted molar refractivity (Wildman–Crippen MR) is 77.1 cm³/mol. The van der Waals surface area contributed by atoms with E-state index in [1.807, 2.05) is 0 Å². The van der Waals surface area contributed by atoms with Gasteiger partial charge in [-0.1, -0.05) is 22.0 Å². The van der Waals surface area contributed by atoms with Crippen molar-refractivity contribution in [3.63, 3.8) is 0 Å². The lowest BCUT2D eigenvalue weighted by Crippen LogP contribution is -2.34. The maximum absolute atomic E-state index is 14.2. The van der Waals surface area contributed by atoms with Crippen LogP contribution in [0.25, 0.3) is 0 Å². The zero-order valence-corrected chi connectivity index (χ0v) is 13.1. The molecule has 0 spiro atoms. The lowest BCUT2D eigenvalue weighted by atomic mass is 10.2. The Bertz CT molecular complexity index is 629. The lowest BCUT2D eigenvalue weighted by molar-refractivity contribution is 0.274. The van der Waals surface area contributed by atoms with Crippen molar-refractivity contribution in [1.29, 1.82) is 0 Å². The molecule has 0 aromatic heterocycles. The van der Waals surface area contributed by atoms with Crippen molar-refractivity contribution in [2.75, 3.05) is 6.54 Å². The van der Waals surface area contributed by atoms with Gasteiger partial charge in [0.2, 0.25) is 10.0 Å². The average molecular weight is 364 g/mol. The van der Waals surface area contributed by atoms with Gasteiger partial charge in [0.25, 0.3) is 0 Å². The summed E-state index contributed by atoms with van der Waals surface area (Å²) in [7, 11) is -3.94. The summed E-state index contributed by atoms with van der Waals surface area (Å²) in [5, 5.41) is 9.11. The highest BCUT2D eigenvalue weighted by Crippen LogP contribution is 2.34. The smallest absolute Gasteiger partial charge is 0.246 e. The highest BCUT2D eigenvalue weighted by Gasteiger charge is 2.38. The van der Waals surface area contributed by atoms with E-state index in [2.05, 4.69) is 22.5 Å². The standard InChI is InChI=1S/C13H15BrFNO3S/c1-2-5-16(11-3-4-11)20(18,19)12-7-10(14)6-9(8-17)13(12)15/h2,6-7,11,17H,1,3-5,8H2. The fraction of sp³-hybridized carbons (Fsp3) is 0.385. The molecule has 1 saturated carbocycles. The Labute approximate surface area is 126 Å². The fourth-order valence-electron chi connectivity index (χ4n) is 1.98. The van der Waals surface area contributed by atoms with Gasteiger partial charge in [-0.05, 0) is 25.0 Å². The minimum atomic E-state index is -3.94. The number of hydrogen-bond donors (Lipinski definition) is 1. The third-order valence-corrected chi connectivity index (χ3v) is 5.47. The van der Waals surface area contributed by atoms with Crippen molar-refractivity contribution in [2.24, 2.45) is 0 Å². The molecule has 1 aromatic carbocycles. The molecule has 0 unspecified atom stereocenters. The van der Waals surface area contributed by atoms with E-state index in [1.54, 1.807) is 0 Å². The van der Waals surface area contributed by atoms with E-state index >= 15 is 0 Å². The topological polar surface area (TPSA) is 57.6 Å². The molecule has 1 N–H and O–H groups in total. The molecule has 1 fully saturated rings. The van der Waals surface area contributed by atoms with Crippen LogP contribution in [-0.2, 0) is 16.6 Å². The second-order valence-corrected chi connectivity index (χ2v) is 7.40. The molecule has 0 radical (unpaired) electrons. The molecule has 0 saturated heterocycles. The van der Waals surface area contributed by atoms with E-state index in [1.165, 1.54) is 22.5 Å². The summed E-state index contributed by atoms with van der Waals surface area (Å²) in [6.45, 7) is 3.13. The maximum atomic E-state index is 14.2. The number of aliphatic hydroxyl groups is 1. The van der Waals surface area contributed by atoms with Gasteiger partial charge in [0.1, 0.15) is 10.7 Å². The Kier molecular flexibility index (Phi) is 4.63. The molecule has 0 atom stereocenters. The number of aliphatic hydroxyl groups excluding tert-OH is 1. The molecule has 0 bridgehead atoms. The summed E-state index contributed by atoms with van der Waals surface area (Å²) in [4.78, 5) is -0.412. The Morgan fingerprint density at radius 2 is 2.15 bits per heavy atom. The highest BCUT2D eigenvalue weighted by molar-refractivity contribution is 9.10. The molecule has 1 aliphatic rings. The molecule has 20 heavy (non-hydrogen) atoms. The highest BCUT2D eigenvalue weighted by atomic mass is 79.9. The van der Waals surface area contributed by atoms with Crippen molar-refractivity contribution in [2.45, 2.75) is 30.4 Å². The number of rotatable bonds is 6. The number of hydrogen-bond acceptors (Lipinski definition) is 3. The maximum Gasteiger partial charge on any atom is 0.246 e. The van der Waals surface area contributed by atoms with Gasteiger partial charge in [-0.3, -0.25) is 0 Å². The van der Waals surface area contributed by atoms with Crippen LogP contribution in [0.1, 0.15) is 18.4 Å². The first-order valence-corrected chi connectivity index (χ1v) is 8.36. The molecule has 0 heterocycles. The van der Waals surface area contributed by atoms with Crippen molar-refractivity contribution >= 4 is 26.0 Å². The Morgan fingerprint density at radius 3 is 2.65 bits per heavy atom. The van der Waals surface area contributed by atoms with Crippen LogP contribution in [0.3, 0.4) is 0 Å². The lowest BCUT2D eigenvalue weighted by Gasteiger charge is -2.21. The van der Waals surface area contributed by atoms with Crippen LogP contribution in [0.2, 0.25) is 0 Å². The minimum Gasteiger partial charge on any atom is -0.392 e. The second kappa shape index (κ2) is 5.93. The molecule has 1 aromatic rings. The average Bonchev–Trinajstić information content (AvgIpc) is 3.22. The molecule has 0 aliphatic heterocycles. The molecule has 4 nitrogen and oxygen atoms in total. The summed E-state index contributed by atoms with van der Waals surface area (Å²) < 4.78 is 41.1. The monoisotopic (exact) mass is 363 g/mol. The summed E-state index contributed by atoms with van der Waals surface area (Å²) in [5.74, 6) is -0.898. The third kappa shape index (κ3) is 2.95. The summed E-state index contributed by atoms with van der Waals surface area (Å²) in [6, 6.07) is 2.50. The zero-order chi connectivity index (χ0) is 14.9. The van der Waals surface area contributed by atoms with E-state index in [4.69, 9.17) is 5.11 Å². The van der Waals surface area contributed by atoms with Crippen LogP contribution in [0, 0.1) is 5.82 Å². The molecule has 2 rings (SSSR count). The van der Waals surface area contributed by atoms with Gasteiger partial charge in [-0.2, -0.15) is 4.31 Å². The summed E-state index contributed by atoms with van der Waals surface area (Å²) in [6.07, 6.45) is 3.03. The van der Waals surface area contributed by atoms with Gasteiger partial charge in [-0.25, -0.2) is 12.8 Å². The van der Waals surface area contributed by atoms with Crippen LogP contribution in [0.5, 0.6) is 0 Å². The van der Waals surface area contributed by atoms with Crippen molar-refractivity contribution in [3.05, 3.63) is 40.6 Å². The number of benzene rings is 1. The van der Waals surface area contributed by atoms with Crippen LogP contribution in [0.15, 0.2) is 34.2 Å². The van der Waals surface area contributed by atoms with Crippen LogP contribution in [-0.4, -0.2) is 30.4 Å². The van der Waals surface area contributed by atoms with E-state index < -0.39 is 27.3 Å². The van der Waals surface area contributed by atoms with Crippen molar-refractivity contribution in [3.8, 4) is 0 Å². The van der Waals surface area contributed by atoms with E-state index in [0.29, 0.717) is 4.47 Å². The van der Waals surface area contributed by atoms with Crippen molar-refractivity contribution in [1.82, 2.24) is 4.31 Å². The number of sulfonamides is 1. The zero-order valence-electron chi connectivity index (χ0n) is 10.7. The minimum absolute atomic E-state index is 0.0488. The Balaban J connectivity index is 2.52. The van der Waals surface area contributed by atoms with Crippen LogP contribution >= 0.6 is 15.9 Å². The van der Waals surface area contributed by atoms with Gasteiger partial charge in [0, 0.05) is 22.6 Å². The first-order valence-electron chi connectivity index (χ1n) is 6.13. The van der Waals surface area contributed by atoms with Gasteiger partial charge >= 0.3 is 0 Å². The quantitative estimate of drug-likeness (QED) is 0.789. The Hall–Kier alpha value is -0.760. The van der Waals surface area contributed by atoms with Crippen LogP contribution < -0.4 is 0 Å². The first kappa shape index (κ1) is 15.6. The normalized spacial score (nSPS) is 15.6. The summed E-state index contributed by atoms with van der Waals surface area (Å²) >= 11 is 3.14. The van der Waals surface area contributed by atoms with Crippen LogP contribution in [0.4, 0.5) is 4.39 Å². The van der Waals surface area contributed by atoms with Crippen molar-refractivity contribution < 1.29 is 17.9 Å². The Morgan fingerprint density at radius 1 is 1.50 bits per heavy atom. The van der Waals surface area contributed by atoms with Gasteiger partial charge in [0.05, 0.1) is 6.61 Å². The molecule has 1 aliphatic carbocycles. The largest absolute Gasteiger partial charge is 0.392 e. The van der Waals surface area contributed by atoms with E-state index in [0.717, 1.165) is 12.8 Å². The molecule has 110 valence electrons. The van der Waals surface area contributed by atoms with Gasteiger partial charge < -0.3 is 5.11 Å². The van der Waals surface area contributed by atoms with E-state index in [9.17, 15) is 12.8 Å². The third-order valence-electron chi connectivity index (χ3n) is 3.10. The predicted octanol–water partition coefficient (Wildman–Crippen LogP) is 2.42. The molecule has 7 heteroatoms. The number of halogens is 2. The van der Waals surface area contributed by atoms with Gasteiger partial charge in [-0.15, -0.1) is 6.58 Å². The first-order chi connectivity index (χ1) is 9.41. The SMILES string of the molecule is C=CCN(C1CC1)S(=O)(=O)c1cc(Br)cc(CO)c1F. The molecular weight excluding hydrogens is 349 g/mol.